The number of aryl methyl sites for hydroxylation is 1. The van der Waals surface area contributed by atoms with Gasteiger partial charge in [0.25, 0.3) is 5.91 Å². The van der Waals surface area contributed by atoms with E-state index in [0.29, 0.717) is 11.3 Å². The van der Waals surface area contributed by atoms with Crippen molar-refractivity contribution in [1.82, 2.24) is 0 Å². The van der Waals surface area contributed by atoms with Crippen molar-refractivity contribution >= 4 is 5.91 Å². The monoisotopic (exact) mass is 219 g/mol. The predicted molar refractivity (Wildman–Crippen MR) is 62.9 cm³/mol. The van der Waals surface area contributed by atoms with Crippen molar-refractivity contribution in [3.05, 3.63) is 28.3 Å². The van der Waals surface area contributed by atoms with Gasteiger partial charge < -0.3 is 10.5 Å². The molecule has 1 aliphatic rings. The topological polar surface area (TPSA) is 52.3 Å². The number of hydrogen-bond donors (Lipinski definition) is 1. The Balaban J connectivity index is 2.64. The molecule has 0 saturated carbocycles. The third kappa shape index (κ3) is 1.66. The van der Waals surface area contributed by atoms with Gasteiger partial charge in [-0.15, -0.1) is 0 Å². The fourth-order valence-corrected chi connectivity index (χ4v) is 2.54. The summed E-state index contributed by atoms with van der Waals surface area (Å²) in [4.78, 5) is 11.4. The highest BCUT2D eigenvalue weighted by Gasteiger charge is 2.20. The van der Waals surface area contributed by atoms with E-state index in [4.69, 9.17) is 10.5 Å². The van der Waals surface area contributed by atoms with Crippen molar-refractivity contribution in [2.24, 2.45) is 5.73 Å². The molecule has 0 aromatic heterocycles. The summed E-state index contributed by atoms with van der Waals surface area (Å²) < 4.78 is 5.30. The van der Waals surface area contributed by atoms with Crippen LogP contribution in [0.3, 0.4) is 0 Å². The normalized spacial score (nSPS) is 14.4. The number of nitrogens with two attached hydrogens (primary N) is 1. The van der Waals surface area contributed by atoms with Crippen LogP contribution < -0.4 is 10.5 Å². The molecule has 86 valence electrons. The first-order valence-corrected chi connectivity index (χ1v) is 5.64. The van der Waals surface area contributed by atoms with Crippen LogP contribution in [0.15, 0.2) is 6.07 Å². The summed E-state index contributed by atoms with van der Waals surface area (Å²) in [6, 6.07) is 1.91. The molecule has 0 saturated heterocycles. The lowest BCUT2D eigenvalue weighted by molar-refractivity contribution is 0.0997. The van der Waals surface area contributed by atoms with Crippen molar-refractivity contribution < 1.29 is 9.53 Å². The minimum atomic E-state index is -0.409. The number of carbonyl (C=O) groups excluding carboxylic acids is 1. The summed E-state index contributed by atoms with van der Waals surface area (Å²) in [5, 5.41) is 0. The van der Waals surface area contributed by atoms with Crippen LogP contribution in [-0.4, -0.2) is 13.0 Å². The third-order valence-electron chi connectivity index (χ3n) is 3.34. The van der Waals surface area contributed by atoms with Crippen molar-refractivity contribution in [2.45, 2.75) is 32.6 Å². The van der Waals surface area contributed by atoms with E-state index in [1.807, 2.05) is 13.0 Å². The van der Waals surface area contributed by atoms with E-state index in [9.17, 15) is 4.79 Å². The van der Waals surface area contributed by atoms with Crippen molar-refractivity contribution in [1.29, 1.82) is 0 Å². The minimum Gasteiger partial charge on any atom is -0.496 e. The maximum Gasteiger partial charge on any atom is 0.252 e. The Morgan fingerprint density at radius 2 is 2.06 bits per heavy atom. The lowest BCUT2D eigenvalue weighted by atomic mass is 9.86. The molecule has 3 nitrogen and oxygen atoms in total. The van der Waals surface area contributed by atoms with Gasteiger partial charge in [-0.25, -0.2) is 0 Å². The Hall–Kier alpha value is -1.51. The minimum absolute atomic E-state index is 0.409. The number of rotatable bonds is 2. The van der Waals surface area contributed by atoms with Crippen LogP contribution >= 0.6 is 0 Å². The van der Waals surface area contributed by atoms with Gasteiger partial charge in [-0.2, -0.15) is 0 Å². The number of hydrogen-bond acceptors (Lipinski definition) is 2. The summed E-state index contributed by atoms with van der Waals surface area (Å²) in [5.74, 6) is 0.237. The van der Waals surface area contributed by atoms with Crippen LogP contribution in [0.25, 0.3) is 0 Å². The van der Waals surface area contributed by atoms with Crippen LogP contribution in [0, 0.1) is 6.92 Å². The number of fused-ring (bicyclic) bond motifs is 1. The van der Waals surface area contributed by atoms with Gasteiger partial charge in [0, 0.05) is 0 Å². The summed E-state index contributed by atoms with van der Waals surface area (Å²) in [5.41, 5.74) is 9.57. The Kier molecular flexibility index (Phi) is 2.86. The smallest absolute Gasteiger partial charge is 0.252 e. The van der Waals surface area contributed by atoms with E-state index in [0.717, 1.165) is 18.4 Å². The number of methoxy groups -OCH3 is 1. The first-order chi connectivity index (χ1) is 7.65. The van der Waals surface area contributed by atoms with Crippen LogP contribution in [0.4, 0.5) is 0 Å². The maximum atomic E-state index is 11.4. The van der Waals surface area contributed by atoms with E-state index < -0.39 is 5.91 Å². The van der Waals surface area contributed by atoms with Crippen molar-refractivity contribution in [3.63, 3.8) is 0 Å². The van der Waals surface area contributed by atoms with Gasteiger partial charge in [0.15, 0.2) is 0 Å². The fourth-order valence-electron chi connectivity index (χ4n) is 2.54. The molecule has 0 atom stereocenters. The highest BCUT2D eigenvalue weighted by Crippen LogP contribution is 2.33. The molecule has 0 aliphatic heterocycles. The first-order valence-electron chi connectivity index (χ1n) is 5.64. The van der Waals surface area contributed by atoms with Crippen LogP contribution in [0.2, 0.25) is 0 Å². The number of carbonyl (C=O) groups is 1. The van der Waals surface area contributed by atoms with Gasteiger partial charge in [-0.05, 0) is 55.4 Å². The molecule has 1 amide bonds. The summed E-state index contributed by atoms with van der Waals surface area (Å²) in [6.07, 6.45) is 4.53. The molecule has 0 radical (unpaired) electrons. The molecular formula is C13H17NO2. The molecule has 1 aliphatic carbocycles. The van der Waals surface area contributed by atoms with E-state index >= 15 is 0 Å². The van der Waals surface area contributed by atoms with Crippen LogP contribution in [0.1, 0.15) is 39.9 Å². The molecule has 3 heteroatoms. The Labute approximate surface area is 95.6 Å². The molecule has 16 heavy (non-hydrogen) atoms. The molecule has 1 aromatic carbocycles. The van der Waals surface area contributed by atoms with Crippen LogP contribution in [0.5, 0.6) is 5.75 Å². The highest BCUT2D eigenvalue weighted by molar-refractivity contribution is 5.96. The van der Waals surface area contributed by atoms with E-state index in [1.54, 1.807) is 7.11 Å². The van der Waals surface area contributed by atoms with Crippen LogP contribution in [-0.2, 0) is 12.8 Å². The Bertz CT molecular complexity index is 438. The predicted octanol–water partition coefficient (Wildman–Crippen LogP) is 1.98. The average molecular weight is 219 g/mol. The Morgan fingerprint density at radius 3 is 2.69 bits per heavy atom. The van der Waals surface area contributed by atoms with Gasteiger partial charge >= 0.3 is 0 Å². The number of ether oxygens (including phenoxy) is 1. The number of primary amides is 1. The SMILES string of the molecule is COc1c(C(N)=O)cc2c(c1C)CCCC2. The molecule has 0 unspecified atom stereocenters. The molecule has 0 fully saturated rings. The van der Waals surface area contributed by atoms with Crippen molar-refractivity contribution in [3.8, 4) is 5.75 Å². The van der Waals surface area contributed by atoms with E-state index in [-0.39, 0.29) is 0 Å². The van der Waals surface area contributed by atoms with E-state index in [1.165, 1.54) is 24.0 Å². The molecule has 0 heterocycles. The second-order valence-corrected chi connectivity index (χ2v) is 4.29. The standard InChI is InChI=1S/C13H17NO2/c1-8-10-6-4-3-5-9(10)7-11(13(14)15)12(8)16-2/h7H,3-6H2,1-2H3,(H2,14,15). The van der Waals surface area contributed by atoms with E-state index in [2.05, 4.69) is 0 Å². The molecule has 2 N–H and O–H groups in total. The zero-order valence-electron chi connectivity index (χ0n) is 9.80. The van der Waals surface area contributed by atoms with Gasteiger partial charge in [0.1, 0.15) is 5.75 Å². The second-order valence-electron chi connectivity index (χ2n) is 4.29. The summed E-state index contributed by atoms with van der Waals surface area (Å²) in [7, 11) is 1.59. The molecule has 2 rings (SSSR count). The first kappa shape index (κ1) is 11.0. The molecule has 0 spiro atoms. The summed E-state index contributed by atoms with van der Waals surface area (Å²) >= 11 is 0. The van der Waals surface area contributed by atoms with Gasteiger partial charge in [0.2, 0.25) is 0 Å². The zero-order chi connectivity index (χ0) is 11.7. The largest absolute Gasteiger partial charge is 0.496 e. The number of benzene rings is 1. The van der Waals surface area contributed by atoms with Crippen molar-refractivity contribution in [2.75, 3.05) is 7.11 Å². The second kappa shape index (κ2) is 4.16. The lowest BCUT2D eigenvalue weighted by Crippen LogP contribution is -2.16. The molecule has 1 aromatic rings. The lowest BCUT2D eigenvalue weighted by Gasteiger charge is -2.21. The van der Waals surface area contributed by atoms with Gasteiger partial charge in [-0.3, -0.25) is 4.79 Å². The average Bonchev–Trinajstić information content (AvgIpc) is 2.29. The maximum absolute atomic E-state index is 11.4. The third-order valence-corrected chi connectivity index (χ3v) is 3.34. The zero-order valence-corrected chi connectivity index (χ0v) is 9.80. The van der Waals surface area contributed by atoms with Gasteiger partial charge in [-0.1, -0.05) is 0 Å². The summed E-state index contributed by atoms with van der Waals surface area (Å²) in [6.45, 7) is 2.01. The molecule has 0 bridgehead atoms. The molecular weight excluding hydrogens is 202 g/mol. The Morgan fingerprint density at radius 1 is 1.38 bits per heavy atom. The quantitative estimate of drug-likeness (QED) is 0.826. The fraction of sp³-hybridized carbons (Fsp3) is 0.462. The number of amides is 1. The highest BCUT2D eigenvalue weighted by atomic mass is 16.5. The van der Waals surface area contributed by atoms with Gasteiger partial charge in [0.05, 0.1) is 12.7 Å².